The highest BCUT2D eigenvalue weighted by Crippen LogP contribution is 2.52. The number of para-hydroxylation sites is 1. The van der Waals surface area contributed by atoms with Gasteiger partial charge in [-0.3, -0.25) is 0 Å². The van der Waals surface area contributed by atoms with Gasteiger partial charge in [-0.1, -0.05) is 42.5 Å². The lowest BCUT2D eigenvalue weighted by Crippen LogP contribution is -1.98. The van der Waals surface area contributed by atoms with Gasteiger partial charge in [0.1, 0.15) is 17.2 Å². The molecule has 3 N–H and O–H groups in total. The first kappa shape index (κ1) is 16.2. The Hall–Kier alpha value is -3.79. The molecule has 2 aliphatic carbocycles. The molecule has 0 spiro atoms. The van der Waals surface area contributed by atoms with Crippen LogP contribution in [0.15, 0.2) is 60.7 Å². The number of hydrogen-bond acceptors (Lipinski definition) is 4. The summed E-state index contributed by atoms with van der Waals surface area (Å²) in [5, 5.41) is 31.5. The van der Waals surface area contributed by atoms with E-state index in [0.29, 0.717) is 12.8 Å². The summed E-state index contributed by atoms with van der Waals surface area (Å²) in [6, 6.07) is 18.3. The Morgan fingerprint density at radius 1 is 0.517 bits per heavy atom. The van der Waals surface area contributed by atoms with Crippen molar-refractivity contribution < 1.29 is 15.3 Å². The van der Waals surface area contributed by atoms with Crippen LogP contribution in [0, 0.1) is 0 Å². The predicted octanol–water partition coefficient (Wildman–Crippen LogP) is 5.01. The Kier molecular flexibility index (Phi) is 3.13. The summed E-state index contributed by atoms with van der Waals surface area (Å²) in [7, 11) is 0. The zero-order valence-corrected chi connectivity index (χ0v) is 15.5. The molecule has 0 saturated carbocycles. The van der Waals surface area contributed by atoms with Crippen molar-refractivity contribution in [1.29, 1.82) is 0 Å². The highest BCUT2D eigenvalue weighted by atomic mass is 16.3. The summed E-state index contributed by atoms with van der Waals surface area (Å²) in [5.74, 6) is 0.743. The Balaban J connectivity index is 1.73. The number of fused-ring (bicyclic) bond motifs is 6. The highest BCUT2D eigenvalue weighted by Gasteiger charge is 2.34. The second-order valence-electron chi connectivity index (χ2n) is 7.62. The average molecular weight is 379 g/mol. The smallest absolute Gasteiger partial charge is 0.123 e. The molecule has 4 heteroatoms. The van der Waals surface area contributed by atoms with Crippen LogP contribution in [0.4, 0.5) is 0 Å². The fourth-order valence-corrected chi connectivity index (χ4v) is 4.78. The van der Waals surface area contributed by atoms with Crippen molar-refractivity contribution in [2.45, 2.75) is 12.8 Å². The molecule has 0 aliphatic heterocycles. The van der Waals surface area contributed by atoms with Gasteiger partial charge in [-0.15, -0.1) is 0 Å². The minimum atomic E-state index is 0.212. The Morgan fingerprint density at radius 2 is 1.00 bits per heavy atom. The molecule has 29 heavy (non-hydrogen) atoms. The van der Waals surface area contributed by atoms with Crippen LogP contribution in [0.25, 0.3) is 33.6 Å². The van der Waals surface area contributed by atoms with E-state index in [2.05, 4.69) is 0 Å². The van der Waals surface area contributed by atoms with Crippen LogP contribution >= 0.6 is 0 Å². The van der Waals surface area contributed by atoms with Gasteiger partial charge in [0.05, 0.1) is 11.4 Å². The third kappa shape index (κ3) is 2.11. The lowest BCUT2D eigenvalue weighted by atomic mass is 9.91. The van der Waals surface area contributed by atoms with Gasteiger partial charge in [0.2, 0.25) is 0 Å². The molecule has 6 rings (SSSR count). The Morgan fingerprint density at radius 3 is 1.55 bits per heavy atom. The minimum Gasteiger partial charge on any atom is -0.508 e. The molecule has 0 unspecified atom stereocenters. The number of hydrogen-bond donors (Lipinski definition) is 3. The van der Waals surface area contributed by atoms with Gasteiger partial charge < -0.3 is 15.3 Å². The monoisotopic (exact) mass is 379 g/mol. The van der Waals surface area contributed by atoms with Crippen molar-refractivity contribution >= 4 is 0 Å². The van der Waals surface area contributed by atoms with Gasteiger partial charge in [-0.05, 0) is 34.9 Å². The largest absolute Gasteiger partial charge is 0.508 e. The summed E-state index contributed by atoms with van der Waals surface area (Å²) in [5.41, 5.74) is 8.98. The van der Waals surface area contributed by atoms with E-state index in [1.165, 1.54) is 0 Å². The normalized spacial score (nSPS) is 13.0. The Labute approximate surface area is 167 Å². The van der Waals surface area contributed by atoms with Crippen LogP contribution < -0.4 is 0 Å². The van der Waals surface area contributed by atoms with E-state index in [1.807, 2.05) is 42.5 Å². The van der Waals surface area contributed by atoms with Crippen LogP contribution in [0.5, 0.6) is 17.2 Å². The number of aromatic hydroxyl groups is 3. The molecular weight excluding hydrogens is 362 g/mol. The maximum absolute atomic E-state index is 10.7. The van der Waals surface area contributed by atoms with Gasteiger partial charge in [-0.25, -0.2) is 4.98 Å². The second kappa shape index (κ2) is 5.61. The molecule has 0 atom stereocenters. The van der Waals surface area contributed by atoms with Crippen molar-refractivity contribution in [3.63, 3.8) is 0 Å². The van der Waals surface area contributed by atoms with E-state index in [1.54, 1.807) is 18.2 Å². The van der Waals surface area contributed by atoms with Crippen LogP contribution in [-0.2, 0) is 12.8 Å². The number of nitrogens with zero attached hydrogens (tertiary/aromatic N) is 1. The molecule has 3 aromatic carbocycles. The number of phenols is 3. The van der Waals surface area contributed by atoms with Crippen LogP contribution in [0.3, 0.4) is 0 Å². The van der Waals surface area contributed by atoms with Crippen LogP contribution in [-0.4, -0.2) is 20.3 Å². The first-order chi connectivity index (χ1) is 14.1. The number of phenolic OH excluding ortho intramolecular Hbond substituents is 3. The minimum absolute atomic E-state index is 0.212. The van der Waals surface area contributed by atoms with Crippen LogP contribution in [0.1, 0.15) is 22.3 Å². The SMILES string of the molecule is Oc1ccccc1-c1c2c(nc3c1Cc1c(O)cccc1-3)-c1cccc(O)c1C2. The lowest BCUT2D eigenvalue weighted by molar-refractivity contribution is 0.470. The molecule has 140 valence electrons. The standard InChI is InChI=1S/C25H17NO3/c27-20-8-2-1-5-15(20)23-18-11-16-13(6-3-9-21(16)28)24(18)26-25-14-7-4-10-22(29)17(14)12-19(23)25/h1-10,27-29H,11-12H2. The third-order valence-electron chi connectivity index (χ3n) is 6.09. The summed E-state index contributed by atoms with van der Waals surface area (Å²) >= 11 is 0. The zero-order valence-electron chi connectivity index (χ0n) is 15.5. The molecule has 0 saturated heterocycles. The van der Waals surface area contributed by atoms with Gasteiger partial charge in [0.25, 0.3) is 0 Å². The molecule has 4 nitrogen and oxygen atoms in total. The van der Waals surface area contributed by atoms with E-state index < -0.39 is 0 Å². The molecule has 4 aromatic rings. The Bertz CT molecular complexity index is 1260. The quantitative estimate of drug-likeness (QED) is 0.376. The second-order valence-corrected chi connectivity index (χ2v) is 7.62. The van der Waals surface area contributed by atoms with Crippen molar-refractivity contribution in [2.24, 2.45) is 0 Å². The van der Waals surface area contributed by atoms with Crippen molar-refractivity contribution in [1.82, 2.24) is 4.98 Å². The van der Waals surface area contributed by atoms with Gasteiger partial charge in [0, 0.05) is 40.7 Å². The molecule has 0 fully saturated rings. The van der Waals surface area contributed by atoms with E-state index in [0.717, 1.165) is 55.9 Å². The van der Waals surface area contributed by atoms with Crippen molar-refractivity contribution in [3.05, 3.63) is 82.9 Å². The maximum Gasteiger partial charge on any atom is 0.123 e. The topological polar surface area (TPSA) is 73.6 Å². The molecule has 0 radical (unpaired) electrons. The summed E-state index contributed by atoms with van der Waals surface area (Å²) in [6.45, 7) is 0. The van der Waals surface area contributed by atoms with Gasteiger partial charge in [-0.2, -0.15) is 0 Å². The summed E-state index contributed by atoms with van der Waals surface area (Å²) in [4.78, 5) is 5.01. The molecule has 1 heterocycles. The van der Waals surface area contributed by atoms with E-state index >= 15 is 0 Å². The number of pyridine rings is 1. The maximum atomic E-state index is 10.7. The summed E-state index contributed by atoms with van der Waals surface area (Å²) in [6.07, 6.45) is 1.12. The lowest BCUT2D eigenvalue weighted by Gasteiger charge is -2.16. The third-order valence-corrected chi connectivity index (χ3v) is 6.09. The van der Waals surface area contributed by atoms with Crippen LogP contribution in [0.2, 0.25) is 0 Å². The number of aromatic nitrogens is 1. The molecule has 0 amide bonds. The summed E-state index contributed by atoms with van der Waals surface area (Å²) < 4.78 is 0. The first-order valence-electron chi connectivity index (χ1n) is 9.60. The molecule has 1 aromatic heterocycles. The fourth-order valence-electron chi connectivity index (χ4n) is 4.78. The van der Waals surface area contributed by atoms with Gasteiger partial charge in [0.15, 0.2) is 0 Å². The molecule has 2 aliphatic rings. The first-order valence-corrected chi connectivity index (χ1v) is 9.60. The van der Waals surface area contributed by atoms with Gasteiger partial charge >= 0.3 is 0 Å². The number of rotatable bonds is 1. The van der Waals surface area contributed by atoms with E-state index in [4.69, 9.17) is 4.98 Å². The van der Waals surface area contributed by atoms with Crippen molar-refractivity contribution in [3.8, 4) is 50.9 Å². The van der Waals surface area contributed by atoms with E-state index in [-0.39, 0.29) is 17.2 Å². The van der Waals surface area contributed by atoms with E-state index in [9.17, 15) is 15.3 Å². The highest BCUT2D eigenvalue weighted by molar-refractivity contribution is 5.93. The number of benzene rings is 3. The molecule has 0 bridgehead atoms. The fraction of sp³-hybridized carbons (Fsp3) is 0.0800. The van der Waals surface area contributed by atoms with Crippen molar-refractivity contribution in [2.75, 3.05) is 0 Å². The average Bonchev–Trinajstić information content (AvgIpc) is 3.28. The predicted molar refractivity (Wildman–Crippen MR) is 111 cm³/mol. The molecular formula is C25H17NO3. The zero-order chi connectivity index (χ0) is 19.7.